The molecule has 0 spiro atoms. The maximum absolute atomic E-state index is 14.4. The lowest BCUT2D eigenvalue weighted by Crippen LogP contribution is -2.46. The van der Waals surface area contributed by atoms with Crippen LogP contribution in [-0.2, 0) is 4.74 Å². The van der Waals surface area contributed by atoms with E-state index in [0.29, 0.717) is 25.0 Å². The van der Waals surface area contributed by atoms with E-state index in [1.165, 1.54) is 36.5 Å². The van der Waals surface area contributed by atoms with Crippen molar-refractivity contribution in [3.05, 3.63) is 122 Å². The highest BCUT2D eigenvalue weighted by Crippen LogP contribution is 2.21. The standard InChI is InChI=1S/C28H20FN3O8/c29-21-16-31(23-10-5-13-38-23)28(37)32(25(21)34)24(33)18-8-4-9-19(14-18)27(36)39-20-11-12-30-22(15-20)40-26(35)17-6-2-1-3-7-17/h1-4,6-9,11-12,14-16,23H,5,10,13H2. The van der Waals surface area contributed by atoms with Crippen LogP contribution in [0.1, 0.15) is 50.1 Å². The van der Waals surface area contributed by atoms with Gasteiger partial charge in [-0.2, -0.15) is 8.96 Å². The number of nitrogens with zero attached hydrogens (tertiary/aromatic N) is 3. The first-order valence-electron chi connectivity index (χ1n) is 12.1. The first-order valence-corrected chi connectivity index (χ1v) is 12.1. The van der Waals surface area contributed by atoms with Crippen LogP contribution in [0.5, 0.6) is 11.6 Å². The third-order valence-corrected chi connectivity index (χ3v) is 5.96. The van der Waals surface area contributed by atoms with Gasteiger partial charge >= 0.3 is 17.6 Å². The van der Waals surface area contributed by atoms with Crippen molar-refractivity contribution in [3.63, 3.8) is 0 Å². The highest BCUT2D eigenvalue weighted by Gasteiger charge is 2.25. The number of halogens is 1. The molecule has 1 aliphatic heterocycles. The van der Waals surface area contributed by atoms with Crippen molar-refractivity contribution >= 4 is 17.8 Å². The number of pyridine rings is 1. The van der Waals surface area contributed by atoms with E-state index in [9.17, 15) is 28.4 Å². The summed E-state index contributed by atoms with van der Waals surface area (Å²) in [6.07, 6.45) is 2.23. The van der Waals surface area contributed by atoms with Crippen molar-refractivity contribution in [3.8, 4) is 11.6 Å². The number of carbonyl (C=O) groups excluding carboxylic acids is 3. The van der Waals surface area contributed by atoms with Crippen LogP contribution >= 0.6 is 0 Å². The lowest BCUT2D eigenvalue weighted by atomic mass is 10.1. The van der Waals surface area contributed by atoms with Gasteiger partial charge in [0, 0.05) is 24.4 Å². The Kier molecular flexibility index (Phi) is 7.42. The SMILES string of the molecule is O=C(Oc1ccnc(OC(=O)c2ccccc2)c1)c1cccc(C(=O)n2c(=O)c(F)cn(C3CCCO3)c2=O)c1. The summed E-state index contributed by atoms with van der Waals surface area (Å²) in [6.45, 7) is 0.352. The molecule has 1 unspecified atom stereocenters. The Bertz CT molecular complexity index is 1730. The molecule has 0 radical (unpaired) electrons. The van der Waals surface area contributed by atoms with Gasteiger partial charge < -0.3 is 14.2 Å². The van der Waals surface area contributed by atoms with Gasteiger partial charge in [-0.25, -0.2) is 19.4 Å². The molecule has 1 saturated heterocycles. The predicted molar refractivity (Wildman–Crippen MR) is 136 cm³/mol. The predicted octanol–water partition coefficient (Wildman–Crippen LogP) is 2.98. The van der Waals surface area contributed by atoms with Crippen LogP contribution in [0.4, 0.5) is 4.39 Å². The molecule has 4 aromatic rings. The number of rotatable bonds is 6. The van der Waals surface area contributed by atoms with E-state index in [1.807, 2.05) is 0 Å². The van der Waals surface area contributed by atoms with Gasteiger partial charge in [0.1, 0.15) is 12.0 Å². The number of benzene rings is 2. The van der Waals surface area contributed by atoms with Gasteiger partial charge in [-0.3, -0.25) is 14.2 Å². The molecule has 11 nitrogen and oxygen atoms in total. The summed E-state index contributed by atoms with van der Waals surface area (Å²) in [5, 5.41) is 0. The normalized spacial score (nSPS) is 14.5. The number of carbonyl (C=O) groups is 3. The van der Waals surface area contributed by atoms with Crippen LogP contribution in [0, 0.1) is 5.82 Å². The maximum atomic E-state index is 14.4. The van der Waals surface area contributed by atoms with E-state index in [4.69, 9.17) is 14.2 Å². The Morgan fingerprint density at radius 3 is 2.38 bits per heavy atom. The third-order valence-electron chi connectivity index (χ3n) is 5.96. The molecule has 2 aromatic carbocycles. The molecule has 0 aliphatic carbocycles. The second kappa shape index (κ2) is 11.3. The van der Waals surface area contributed by atoms with Gasteiger partial charge in [0.05, 0.1) is 17.3 Å². The fourth-order valence-corrected chi connectivity index (χ4v) is 4.02. The largest absolute Gasteiger partial charge is 0.423 e. The fraction of sp³-hybridized carbons (Fsp3) is 0.143. The van der Waals surface area contributed by atoms with Crippen molar-refractivity contribution in [2.75, 3.05) is 6.61 Å². The molecule has 1 aliphatic rings. The zero-order valence-corrected chi connectivity index (χ0v) is 20.7. The zero-order valence-electron chi connectivity index (χ0n) is 20.7. The molecule has 0 amide bonds. The van der Waals surface area contributed by atoms with Gasteiger partial charge in [0.25, 0.3) is 11.5 Å². The third kappa shape index (κ3) is 5.47. The molecule has 1 fully saturated rings. The first-order chi connectivity index (χ1) is 19.3. The number of esters is 2. The Labute approximate surface area is 225 Å². The minimum atomic E-state index is -1.42. The molecule has 202 valence electrons. The topological polar surface area (TPSA) is 136 Å². The molecular weight excluding hydrogens is 525 g/mol. The number of aromatic nitrogens is 3. The Hall–Kier alpha value is -5.23. The molecule has 0 N–H and O–H groups in total. The summed E-state index contributed by atoms with van der Waals surface area (Å²) < 4.78 is 31.4. The minimum Gasteiger partial charge on any atom is -0.423 e. The summed E-state index contributed by atoms with van der Waals surface area (Å²) in [7, 11) is 0. The van der Waals surface area contributed by atoms with Crippen LogP contribution in [0.2, 0.25) is 0 Å². The number of hydrogen-bond donors (Lipinski definition) is 0. The van der Waals surface area contributed by atoms with Crippen LogP contribution < -0.4 is 20.7 Å². The van der Waals surface area contributed by atoms with Crippen LogP contribution in [0.25, 0.3) is 0 Å². The molecular formula is C28H20FN3O8. The summed E-state index contributed by atoms with van der Waals surface area (Å²) in [4.78, 5) is 67.5. The van der Waals surface area contributed by atoms with Gasteiger partial charge in [0.2, 0.25) is 11.7 Å². The second-order valence-electron chi connectivity index (χ2n) is 8.64. The molecule has 12 heteroatoms. The summed E-state index contributed by atoms with van der Waals surface area (Å²) in [5.74, 6) is -4.11. The average molecular weight is 545 g/mol. The average Bonchev–Trinajstić information content (AvgIpc) is 3.50. The highest BCUT2D eigenvalue weighted by molar-refractivity contribution is 5.99. The molecule has 0 bridgehead atoms. The van der Waals surface area contributed by atoms with Crippen molar-refractivity contribution in [2.24, 2.45) is 0 Å². The quantitative estimate of drug-likeness (QED) is 0.335. The molecule has 1 atom stereocenters. The number of ether oxygens (including phenoxy) is 3. The minimum absolute atomic E-state index is 0.00612. The number of hydrogen-bond acceptors (Lipinski definition) is 9. The van der Waals surface area contributed by atoms with E-state index < -0.39 is 41.1 Å². The van der Waals surface area contributed by atoms with Crippen molar-refractivity contribution < 1.29 is 33.0 Å². The van der Waals surface area contributed by atoms with Crippen molar-refractivity contribution in [2.45, 2.75) is 19.1 Å². The van der Waals surface area contributed by atoms with Crippen LogP contribution in [0.3, 0.4) is 0 Å². The summed E-state index contributed by atoms with van der Waals surface area (Å²) in [5.41, 5.74) is -2.52. The summed E-state index contributed by atoms with van der Waals surface area (Å²) >= 11 is 0. The zero-order chi connectivity index (χ0) is 28.2. The van der Waals surface area contributed by atoms with Crippen LogP contribution in [0.15, 0.2) is 88.7 Å². The highest BCUT2D eigenvalue weighted by atomic mass is 19.1. The molecule has 0 saturated carbocycles. The van der Waals surface area contributed by atoms with E-state index in [0.717, 1.165) is 16.8 Å². The van der Waals surface area contributed by atoms with Gasteiger partial charge in [-0.1, -0.05) is 24.3 Å². The van der Waals surface area contributed by atoms with E-state index in [1.54, 1.807) is 30.3 Å². The monoisotopic (exact) mass is 545 g/mol. The smallest absolute Gasteiger partial charge is 0.344 e. The lowest BCUT2D eigenvalue weighted by Gasteiger charge is -2.15. The van der Waals surface area contributed by atoms with E-state index in [2.05, 4.69) is 4.98 Å². The first kappa shape index (κ1) is 26.4. The van der Waals surface area contributed by atoms with E-state index in [-0.39, 0.29) is 27.3 Å². The van der Waals surface area contributed by atoms with E-state index >= 15 is 0 Å². The Morgan fingerprint density at radius 1 is 0.900 bits per heavy atom. The Balaban J connectivity index is 1.36. The van der Waals surface area contributed by atoms with Crippen molar-refractivity contribution in [1.82, 2.24) is 14.1 Å². The van der Waals surface area contributed by atoms with Crippen LogP contribution in [-0.4, -0.2) is 38.6 Å². The van der Waals surface area contributed by atoms with Gasteiger partial charge in [-0.05, 0) is 49.2 Å². The second-order valence-corrected chi connectivity index (χ2v) is 8.64. The molecule has 40 heavy (non-hydrogen) atoms. The molecule has 3 heterocycles. The Morgan fingerprint density at radius 2 is 1.62 bits per heavy atom. The summed E-state index contributed by atoms with van der Waals surface area (Å²) in [6, 6.07) is 15.9. The molecule has 2 aromatic heterocycles. The van der Waals surface area contributed by atoms with Gasteiger partial charge in [-0.15, -0.1) is 0 Å². The van der Waals surface area contributed by atoms with Crippen molar-refractivity contribution in [1.29, 1.82) is 0 Å². The maximum Gasteiger partial charge on any atom is 0.344 e. The molecule has 5 rings (SSSR count). The van der Waals surface area contributed by atoms with Gasteiger partial charge in [0.15, 0.2) is 0 Å². The lowest BCUT2D eigenvalue weighted by molar-refractivity contribution is 0.0501. The fourth-order valence-electron chi connectivity index (χ4n) is 4.02.